The van der Waals surface area contributed by atoms with E-state index >= 15 is 0 Å². The standard InChI is InChI=1S/C27H25N3O4S2/c31-19(28-14-8-3-9-15-28)16-29-26-23(36-27(29)34)20(17-10-4-1-5-11-17)21-22(35-26)25(33)30(24(21)32)18-12-6-2-7-13-18/h1-2,4-7,10-13,20-22H,3,8-9,14-16H2/t20-,21-,22+/m0/s1. The molecule has 0 N–H and O–H groups in total. The molecule has 36 heavy (non-hydrogen) atoms. The first-order chi connectivity index (χ1) is 17.5. The molecule has 2 aromatic carbocycles. The molecule has 0 unspecified atom stereocenters. The molecule has 1 aromatic heterocycles. The van der Waals surface area contributed by atoms with Crippen LogP contribution in [0.25, 0.3) is 0 Å². The van der Waals surface area contributed by atoms with Crippen LogP contribution in [0.3, 0.4) is 0 Å². The van der Waals surface area contributed by atoms with Crippen LogP contribution in [-0.4, -0.2) is 45.5 Å². The Labute approximate surface area is 216 Å². The number of para-hydroxylation sites is 1. The van der Waals surface area contributed by atoms with Crippen LogP contribution in [0.5, 0.6) is 0 Å². The molecule has 3 aliphatic heterocycles. The Kier molecular flexibility index (Phi) is 6.05. The van der Waals surface area contributed by atoms with Gasteiger partial charge in [-0.3, -0.25) is 23.7 Å². The van der Waals surface area contributed by atoms with Crippen molar-refractivity contribution in [2.45, 2.75) is 42.0 Å². The summed E-state index contributed by atoms with van der Waals surface area (Å²) in [5.74, 6) is -1.65. The van der Waals surface area contributed by atoms with E-state index in [-0.39, 0.29) is 29.1 Å². The second kappa shape index (κ2) is 9.37. The van der Waals surface area contributed by atoms with Gasteiger partial charge in [0.25, 0.3) is 0 Å². The fraction of sp³-hybridized carbons (Fsp3) is 0.333. The SMILES string of the molecule is O=C(Cn1c2c(sc1=O)[C@@H](c1ccccc1)[C@@H]1C(=O)N(c3ccccc3)C(=O)[C@@H]1S2)N1CCCCC1. The molecular weight excluding hydrogens is 494 g/mol. The predicted molar refractivity (Wildman–Crippen MR) is 139 cm³/mol. The zero-order valence-electron chi connectivity index (χ0n) is 19.5. The molecule has 0 spiro atoms. The highest BCUT2D eigenvalue weighted by Crippen LogP contribution is 2.53. The number of hydrogen-bond donors (Lipinski definition) is 0. The monoisotopic (exact) mass is 519 g/mol. The molecule has 2 saturated heterocycles. The zero-order valence-corrected chi connectivity index (χ0v) is 21.2. The van der Waals surface area contributed by atoms with E-state index in [4.69, 9.17) is 0 Å². The smallest absolute Gasteiger partial charge is 0.308 e. The molecule has 3 aromatic rings. The van der Waals surface area contributed by atoms with Gasteiger partial charge in [-0.1, -0.05) is 71.6 Å². The van der Waals surface area contributed by atoms with Crippen LogP contribution in [0.4, 0.5) is 5.69 Å². The van der Waals surface area contributed by atoms with Crippen molar-refractivity contribution < 1.29 is 14.4 Å². The van der Waals surface area contributed by atoms with Gasteiger partial charge in [0, 0.05) is 23.9 Å². The van der Waals surface area contributed by atoms with Gasteiger partial charge in [0.05, 0.1) is 16.6 Å². The van der Waals surface area contributed by atoms with Gasteiger partial charge in [0.2, 0.25) is 17.7 Å². The summed E-state index contributed by atoms with van der Waals surface area (Å²) in [6, 6.07) is 18.6. The average Bonchev–Trinajstić information content (AvgIpc) is 3.36. The summed E-state index contributed by atoms with van der Waals surface area (Å²) < 4.78 is 1.52. The maximum Gasteiger partial charge on any atom is 0.308 e. The molecule has 0 saturated carbocycles. The van der Waals surface area contributed by atoms with Crippen LogP contribution in [0.2, 0.25) is 0 Å². The van der Waals surface area contributed by atoms with E-state index < -0.39 is 17.1 Å². The Morgan fingerprint density at radius 3 is 2.22 bits per heavy atom. The third-order valence-electron chi connectivity index (χ3n) is 7.22. The summed E-state index contributed by atoms with van der Waals surface area (Å²) >= 11 is 2.35. The van der Waals surface area contributed by atoms with Crippen LogP contribution in [0.15, 0.2) is 70.5 Å². The first kappa shape index (κ1) is 23.2. The number of thiazole rings is 1. The van der Waals surface area contributed by atoms with E-state index in [9.17, 15) is 19.2 Å². The molecule has 9 heteroatoms. The minimum Gasteiger partial charge on any atom is -0.341 e. The van der Waals surface area contributed by atoms with E-state index in [1.165, 1.54) is 21.2 Å². The molecule has 0 radical (unpaired) electrons. The lowest BCUT2D eigenvalue weighted by molar-refractivity contribution is -0.133. The van der Waals surface area contributed by atoms with Crippen LogP contribution < -0.4 is 9.77 Å². The number of fused-ring (bicyclic) bond motifs is 2. The first-order valence-corrected chi connectivity index (χ1v) is 13.9. The number of carbonyl (C=O) groups excluding carboxylic acids is 3. The number of amides is 3. The molecule has 184 valence electrons. The summed E-state index contributed by atoms with van der Waals surface area (Å²) in [5, 5.41) is -0.0257. The van der Waals surface area contributed by atoms with E-state index in [1.807, 2.05) is 41.3 Å². The number of rotatable bonds is 4. The number of hydrogen-bond acceptors (Lipinski definition) is 6. The van der Waals surface area contributed by atoms with Crippen LogP contribution >= 0.6 is 23.1 Å². The van der Waals surface area contributed by atoms with E-state index in [0.29, 0.717) is 23.8 Å². The number of anilines is 1. The van der Waals surface area contributed by atoms with Gasteiger partial charge in [-0.15, -0.1) is 0 Å². The Balaban J connectivity index is 1.43. The van der Waals surface area contributed by atoms with Crippen molar-refractivity contribution in [1.82, 2.24) is 9.47 Å². The summed E-state index contributed by atoms with van der Waals surface area (Å²) in [5.41, 5.74) is 1.44. The maximum absolute atomic E-state index is 13.8. The number of thioether (sulfide) groups is 1. The Morgan fingerprint density at radius 1 is 0.861 bits per heavy atom. The van der Waals surface area contributed by atoms with Gasteiger partial charge in [0.1, 0.15) is 11.8 Å². The van der Waals surface area contributed by atoms with Gasteiger partial charge >= 0.3 is 4.87 Å². The Morgan fingerprint density at radius 2 is 1.53 bits per heavy atom. The van der Waals surface area contributed by atoms with Crippen LogP contribution in [0.1, 0.15) is 35.6 Å². The Bertz CT molecular complexity index is 1380. The second-order valence-electron chi connectivity index (χ2n) is 9.36. The van der Waals surface area contributed by atoms with Crippen LogP contribution in [0, 0.1) is 5.92 Å². The Hall–Kier alpha value is -3.17. The van der Waals surface area contributed by atoms with Gasteiger partial charge in [0.15, 0.2) is 0 Å². The molecule has 3 amide bonds. The lowest BCUT2D eigenvalue weighted by Crippen LogP contribution is -2.39. The highest BCUT2D eigenvalue weighted by atomic mass is 32.2. The van der Waals surface area contributed by atoms with Crippen molar-refractivity contribution >= 4 is 46.5 Å². The van der Waals surface area contributed by atoms with Gasteiger partial charge in [-0.2, -0.15) is 0 Å². The molecule has 4 heterocycles. The lowest BCUT2D eigenvalue weighted by atomic mass is 9.83. The molecule has 7 nitrogen and oxygen atoms in total. The second-order valence-corrected chi connectivity index (χ2v) is 11.5. The minimum atomic E-state index is -0.666. The third-order valence-corrected chi connectivity index (χ3v) is 9.83. The van der Waals surface area contributed by atoms with E-state index in [0.717, 1.165) is 41.0 Å². The van der Waals surface area contributed by atoms with E-state index in [2.05, 4.69) is 0 Å². The number of nitrogens with zero attached hydrogens (tertiary/aromatic N) is 3. The first-order valence-electron chi connectivity index (χ1n) is 12.2. The molecule has 6 rings (SSSR count). The van der Waals surface area contributed by atoms with Gasteiger partial charge in [-0.25, -0.2) is 4.90 Å². The number of benzene rings is 2. The number of aromatic nitrogens is 1. The molecular formula is C27H25N3O4S2. The molecule has 2 fully saturated rings. The number of carbonyl (C=O) groups is 3. The largest absolute Gasteiger partial charge is 0.341 e. The highest BCUT2D eigenvalue weighted by molar-refractivity contribution is 8.00. The summed E-state index contributed by atoms with van der Waals surface area (Å²) in [6.07, 6.45) is 3.06. The number of likely N-dealkylation sites (tertiary alicyclic amines) is 1. The van der Waals surface area contributed by atoms with Crippen LogP contribution in [-0.2, 0) is 20.9 Å². The van der Waals surface area contributed by atoms with Crippen molar-refractivity contribution in [3.63, 3.8) is 0 Å². The molecule has 3 aliphatic rings. The van der Waals surface area contributed by atoms with Gasteiger partial charge < -0.3 is 4.90 Å². The summed E-state index contributed by atoms with van der Waals surface area (Å²) in [6.45, 7) is 1.38. The predicted octanol–water partition coefficient (Wildman–Crippen LogP) is 3.72. The number of imide groups is 1. The molecule has 0 bridgehead atoms. The summed E-state index contributed by atoms with van der Waals surface area (Å²) in [7, 11) is 0. The number of piperidine rings is 1. The fourth-order valence-electron chi connectivity index (χ4n) is 5.48. The summed E-state index contributed by atoms with van der Waals surface area (Å²) in [4.78, 5) is 57.3. The maximum atomic E-state index is 13.8. The lowest BCUT2D eigenvalue weighted by Gasteiger charge is -2.31. The van der Waals surface area contributed by atoms with Crippen molar-refractivity contribution in [2.75, 3.05) is 18.0 Å². The van der Waals surface area contributed by atoms with Crippen molar-refractivity contribution in [3.05, 3.63) is 80.8 Å². The third kappa shape index (κ3) is 3.81. The molecule has 0 aliphatic carbocycles. The normalized spacial score (nSPS) is 23.5. The van der Waals surface area contributed by atoms with Gasteiger partial charge in [-0.05, 0) is 37.0 Å². The fourth-order valence-corrected chi connectivity index (χ4v) is 8.26. The molecule has 3 atom stereocenters. The topological polar surface area (TPSA) is 79.7 Å². The zero-order chi connectivity index (χ0) is 24.8. The highest BCUT2D eigenvalue weighted by Gasteiger charge is 2.56. The average molecular weight is 520 g/mol. The quantitative estimate of drug-likeness (QED) is 0.491. The van der Waals surface area contributed by atoms with Crippen molar-refractivity contribution in [1.29, 1.82) is 0 Å². The van der Waals surface area contributed by atoms with Crippen molar-refractivity contribution in [2.24, 2.45) is 5.92 Å². The minimum absolute atomic E-state index is 0.0406. The van der Waals surface area contributed by atoms with Crippen molar-refractivity contribution in [3.8, 4) is 0 Å². The van der Waals surface area contributed by atoms with E-state index in [1.54, 1.807) is 24.3 Å².